The van der Waals surface area contributed by atoms with Crippen LogP contribution < -0.4 is 0 Å². The summed E-state index contributed by atoms with van der Waals surface area (Å²) < 4.78 is 6.97. The summed E-state index contributed by atoms with van der Waals surface area (Å²) in [6.45, 7) is 4.19. The summed E-state index contributed by atoms with van der Waals surface area (Å²) in [4.78, 5) is 27.8. The molecule has 0 aliphatic carbocycles. The van der Waals surface area contributed by atoms with Gasteiger partial charge in [-0.2, -0.15) is 0 Å². The molecular formula is C18H21N3O3. The van der Waals surface area contributed by atoms with Gasteiger partial charge in [0.2, 0.25) is 0 Å². The molecule has 1 aromatic carbocycles. The van der Waals surface area contributed by atoms with Crippen molar-refractivity contribution in [3.05, 3.63) is 54.4 Å². The van der Waals surface area contributed by atoms with Crippen LogP contribution in [0.5, 0.6) is 0 Å². The summed E-state index contributed by atoms with van der Waals surface area (Å²) in [6, 6.07) is 11.5. The van der Waals surface area contributed by atoms with Crippen LogP contribution >= 0.6 is 0 Å². The third kappa shape index (κ3) is 3.42. The molecule has 1 aliphatic rings. The first kappa shape index (κ1) is 16.1. The SMILES string of the molecule is CCOC(=O)N1CCN(C(=O)c2cccc(-n3cccc3)c2)CC1. The van der Waals surface area contributed by atoms with Crippen molar-refractivity contribution in [3.63, 3.8) is 0 Å². The number of nitrogens with zero attached hydrogens (tertiary/aromatic N) is 3. The molecule has 0 radical (unpaired) electrons. The highest BCUT2D eigenvalue weighted by molar-refractivity contribution is 5.95. The van der Waals surface area contributed by atoms with Gasteiger partial charge in [0.05, 0.1) is 6.61 Å². The van der Waals surface area contributed by atoms with E-state index in [0.29, 0.717) is 38.3 Å². The van der Waals surface area contributed by atoms with Gasteiger partial charge in [-0.3, -0.25) is 4.79 Å². The number of benzene rings is 1. The number of ether oxygens (including phenoxy) is 1. The highest BCUT2D eigenvalue weighted by Crippen LogP contribution is 2.14. The maximum atomic E-state index is 12.7. The van der Waals surface area contributed by atoms with Crippen molar-refractivity contribution in [2.45, 2.75) is 6.92 Å². The lowest BCUT2D eigenvalue weighted by Crippen LogP contribution is -2.50. The maximum absolute atomic E-state index is 12.7. The molecule has 0 atom stereocenters. The molecule has 0 N–H and O–H groups in total. The Morgan fingerprint density at radius 2 is 1.67 bits per heavy atom. The van der Waals surface area contributed by atoms with E-state index in [9.17, 15) is 9.59 Å². The zero-order valence-corrected chi connectivity index (χ0v) is 13.7. The molecule has 1 fully saturated rings. The number of rotatable bonds is 3. The van der Waals surface area contributed by atoms with Crippen molar-refractivity contribution in [1.82, 2.24) is 14.4 Å². The van der Waals surface area contributed by atoms with Gasteiger partial charge < -0.3 is 19.1 Å². The van der Waals surface area contributed by atoms with Crippen molar-refractivity contribution in [1.29, 1.82) is 0 Å². The summed E-state index contributed by atoms with van der Waals surface area (Å²) in [5, 5.41) is 0. The summed E-state index contributed by atoms with van der Waals surface area (Å²) in [5.74, 6) is -0.00693. The van der Waals surface area contributed by atoms with Crippen LogP contribution in [0.4, 0.5) is 4.79 Å². The molecule has 2 aromatic rings. The van der Waals surface area contributed by atoms with Crippen LogP contribution in [0.15, 0.2) is 48.8 Å². The Balaban J connectivity index is 1.66. The van der Waals surface area contributed by atoms with Crippen LogP contribution in [0, 0.1) is 0 Å². The number of amides is 2. The molecule has 0 spiro atoms. The minimum atomic E-state index is -0.306. The standard InChI is InChI=1S/C18H21N3O3/c1-2-24-18(23)21-12-10-20(11-13-21)17(22)15-6-5-7-16(14-15)19-8-3-4-9-19/h3-9,14H,2,10-13H2,1H3. The van der Waals surface area contributed by atoms with Gasteiger partial charge in [-0.15, -0.1) is 0 Å². The molecular weight excluding hydrogens is 306 g/mol. The Morgan fingerprint density at radius 3 is 2.33 bits per heavy atom. The predicted molar refractivity (Wildman–Crippen MR) is 90.3 cm³/mol. The Bertz CT molecular complexity index is 704. The van der Waals surface area contributed by atoms with Crippen molar-refractivity contribution < 1.29 is 14.3 Å². The van der Waals surface area contributed by atoms with E-state index in [-0.39, 0.29) is 12.0 Å². The Labute approximate surface area is 141 Å². The van der Waals surface area contributed by atoms with Gasteiger partial charge in [0.25, 0.3) is 5.91 Å². The van der Waals surface area contributed by atoms with E-state index in [1.165, 1.54) is 0 Å². The Hall–Kier alpha value is -2.76. The minimum Gasteiger partial charge on any atom is -0.450 e. The van der Waals surface area contributed by atoms with Gasteiger partial charge in [-0.05, 0) is 37.3 Å². The molecule has 0 saturated carbocycles. The van der Waals surface area contributed by atoms with Gasteiger partial charge in [-0.25, -0.2) is 4.79 Å². The molecule has 1 saturated heterocycles. The minimum absolute atomic E-state index is 0.00693. The van der Waals surface area contributed by atoms with Gasteiger partial charge in [0, 0.05) is 49.8 Å². The molecule has 0 unspecified atom stereocenters. The van der Waals surface area contributed by atoms with E-state index in [0.717, 1.165) is 5.69 Å². The van der Waals surface area contributed by atoms with E-state index in [2.05, 4.69) is 0 Å². The van der Waals surface area contributed by atoms with Gasteiger partial charge in [0.1, 0.15) is 0 Å². The molecule has 6 nitrogen and oxygen atoms in total. The number of carbonyl (C=O) groups is 2. The average Bonchev–Trinajstić information content (AvgIpc) is 3.16. The number of aromatic nitrogens is 1. The first-order valence-electron chi connectivity index (χ1n) is 8.13. The maximum Gasteiger partial charge on any atom is 0.409 e. The smallest absolute Gasteiger partial charge is 0.409 e. The highest BCUT2D eigenvalue weighted by Gasteiger charge is 2.25. The van der Waals surface area contributed by atoms with E-state index < -0.39 is 0 Å². The van der Waals surface area contributed by atoms with Crippen LogP contribution in [-0.2, 0) is 4.74 Å². The van der Waals surface area contributed by atoms with Crippen LogP contribution in [0.3, 0.4) is 0 Å². The van der Waals surface area contributed by atoms with Crippen LogP contribution in [0.2, 0.25) is 0 Å². The van der Waals surface area contributed by atoms with Crippen LogP contribution in [0.1, 0.15) is 17.3 Å². The predicted octanol–water partition coefficient (Wildman–Crippen LogP) is 2.39. The van der Waals surface area contributed by atoms with Gasteiger partial charge in [0.15, 0.2) is 0 Å². The zero-order valence-electron chi connectivity index (χ0n) is 13.7. The second-order valence-corrected chi connectivity index (χ2v) is 5.62. The van der Waals surface area contributed by atoms with E-state index in [4.69, 9.17) is 4.74 Å². The Kier molecular flexibility index (Phi) is 4.84. The van der Waals surface area contributed by atoms with E-state index in [1.807, 2.05) is 53.4 Å². The summed E-state index contributed by atoms with van der Waals surface area (Å²) in [5.41, 5.74) is 1.61. The molecule has 6 heteroatoms. The first-order chi connectivity index (χ1) is 11.7. The highest BCUT2D eigenvalue weighted by atomic mass is 16.6. The molecule has 2 heterocycles. The number of carbonyl (C=O) groups excluding carboxylic acids is 2. The molecule has 3 rings (SSSR count). The monoisotopic (exact) mass is 327 g/mol. The molecule has 0 bridgehead atoms. The summed E-state index contributed by atoms with van der Waals surface area (Å²) >= 11 is 0. The van der Waals surface area contributed by atoms with Crippen molar-refractivity contribution in [2.75, 3.05) is 32.8 Å². The molecule has 24 heavy (non-hydrogen) atoms. The van der Waals surface area contributed by atoms with E-state index >= 15 is 0 Å². The number of hydrogen-bond donors (Lipinski definition) is 0. The second kappa shape index (κ2) is 7.21. The lowest BCUT2D eigenvalue weighted by Gasteiger charge is -2.34. The fourth-order valence-electron chi connectivity index (χ4n) is 2.80. The lowest BCUT2D eigenvalue weighted by atomic mass is 10.1. The van der Waals surface area contributed by atoms with Crippen molar-refractivity contribution in [3.8, 4) is 5.69 Å². The van der Waals surface area contributed by atoms with Crippen LogP contribution in [-0.4, -0.2) is 59.2 Å². The largest absolute Gasteiger partial charge is 0.450 e. The summed E-state index contributed by atoms with van der Waals surface area (Å²) in [7, 11) is 0. The van der Waals surface area contributed by atoms with Crippen molar-refractivity contribution >= 4 is 12.0 Å². The third-order valence-corrected chi connectivity index (χ3v) is 4.09. The van der Waals surface area contributed by atoms with Crippen molar-refractivity contribution in [2.24, 2.45) is 0 Å². The topological polar surface area (TPSA) is 54.8 Å². The molecule has 1 aliphatic heterocycles. The summed E-state index contributed by atoms with van der Waals surface area (Å²) in [6.07, 6.45) is 3.59. The second-order valence-electron chi connectivity index (χ2n) is 5.62. The number of piperazine rings is 1. The normalized spacial score (nSPS) is 14.5. The fraction of sp³-hybridized carbons (Fsp3) is 0.333. The van der Waals surface area contributed by atoms with Gasteiger partial charge >= 0.3 is 6.09 Å². The quantitative estimate of drug-likeness (QED) is 0.870. The van der Waals surface area contributed by atoms with Crippen LogP contribution in [0.25, 0.3) is 5.69 Å². The lowest BCUT2D eigenvalue weighted by molar-refractivity contribution is 0.0570. The zero-order chi connectivity index (χ0) is 16.9. The Morgan fingerprint density at radius 1 is 1.00 bits per heavy atom. The van der Waals surface area contributed by atoms with E-state index in [1.54, 1.807) is 16.7 Å². The molecule has 1 aromatic heterocycles. The average molecular weight is 327 g/mol. The van der Waals surface area contributed by atoms with Gasteiger partial charge in [-0.1, -0.05) is 6.07 Å². The first-order valence-corrected chi connectivity index (χ1v) is 8.13. The third-order valence-electron chi connectivity index (χ3n) is 4.09. The fourth-order valence-corrected chi connectivity index (χ4v) is 2.80. The number of hydrogen-bond acceptors (Lipinski definition) is 3. The molecule has 2 amide bonds. The molecule has 126 valence electrons.